The SMILES string of the molecule is C(#Cc1ccnc(-c2ccccc2)c1)c1ccccc1. The average molecular weight is 255 g/mol. The van der Waals surface area contributed by atoms with Crippen LogP contribution in [0.3, 0.4) is 0 Å². The fraction of sp³-hybridized carbons (Fsp3) is 0. The van der Waals surface area contributed by atoms with Gasteiger partial charge in [0.25, 0.3) is 0 Å². The van der Waals surface area contributed by atoms with E-state index in [-0.39, 0.29) is 0 Å². The number of pyridine rings is 1. The van der Waals surface area contributed by atoms with Crippen LogP contribution in [0.15, 0.2) is 79.0 Å². The van der Waals surface area contributed by atoms with Crippen LogP contribution in [-0.2, 0) is 0 Å². The maximum Gasteiger partial charge on any atom is 0.0714 e. The standard InChI is InChI=1S/C19H13N/c1-3-7-16(8-4-1)11-12-17-13-14-20-19(15-17)18-9-5-2-6-10-18/h1-10,13-15H. The highest BCUT2D eigenvalue weighted by Crippen LogP contribution is 2.16. The molecule has 0 radical (unpaired) electrons. The molecule has 0 aliphatic rings. The van der Waals surface area contributed by atoms with Gasteiger partial charge in [-0.1, -0.05) is 60.4 Å². The molecule has 1 nitrogen and oxygen atoms in total. The molecule has 0 spiro atoms. The first-order valence-electron chi connectivity index (χ1n) is 6.50. The van der Waals surface area contributed by atoms with E-state index in [1.807, 2.05) is 60.7 Å². The summed E-state index contributed by atoms with van der Waals surface area (Å²) in [6, 6.07) is 24.1. The summed E-state index contributed by atoms with van der Waals surface area (Å²) in [5.74, 6) is 6.34. The van der Waals surface area contributed by atoms with Gasteiger partial charge in [-0.25, -0.2) is 0 Å². The third-order valence-electron chi connectivity index (χ3n) is 2.95. The summed E-state index contributed by atoms with van der Waals surface area (Å²) in [5.41, 5.74) is 4.05. The Hall–Kier alpha value is -2.85. The van der Waals surface area contributed by atoms with Crippen molar-refractivity contribution in [2.75, 3.05) is 0 Å². The molecule has 1 heteroatoms. The maximum absolute atomic E-state index is 4.40. The minimum absolute atomic E-state index is 0.950. The molecule has 3 aromatic rings. The van der Waals surface area contributed by atoms with Crippen LogP contribution >= 0.6 is 0 Å². The van der Waals surface area contributed by atoms with E-state index in [1.54, 1.807) is 6.20 Å². The van der Waals surface area contributed by atoms with Gasteiger partial charge in [-0.2, -0.15) is 0 Å². The van der Waals surface area contributed by atoms with E-state index in [0.717, 1.165) is 22.4 Å². The van der Waals surface area contributed by atoms with Gasteiger partial charge in [0.2, 0.25) is 0 Å². The van der Waals surface area contributed by atoms with Crippen molar-refractivity contribution >= 4 is 0 Å². The van der Waals surface area contributed by atoms with Crippen molar-refractivity contribution in [3.05, 3.63) is 90.1 Å². The van der Waals surface area contributed by atoms with Crippen molar-refractivity contribution in [3.63, 3.8) is 0 Å². The molecule has 1 heterocycles. The lowest BCUT2D eigenvalue weighted by atomic mass is 10.1. The number of hydrogen-bond donors (Lipinski definition) is 0. The Morgan fingerprint density at radius 1 is 0.650 bits per heavy atom. The quantitative estimate of drug-likeness (QED) is 0.595. The third-order valence-corrected chi connectivity index (χ3v) is 2.95. The molecule has 0 saturated heterocycles. The largest absolute Gasteiger partial charge is 0.256 e. The zero-order chi connectivity index (χ0) is 13.6. The second-order valence-electron chi connectivity index (χ2n) is 4.41. The van der Waals surface area contributed by atoms with E-state index in [1.165, 1.54) is 0 Å². The molecule has 20 heavy (non-hydrogen) atoms. The Kier molecular flexibility index (Phi) is 3.57. The summed E-state index contributed by atoms with van der Waals surface area (Å²) in [6.45, 7) is 0. The molecule has 1 aromatic heterocycles. The molecular weight excluding hydrogens is 242 g/mol. The molecule has 0 saturated carbocycles. The normalized spacial score (nSPS) is 9.60. The van der Waals surface area contributed by atoms with Gasteiger partial charge < -0.3 is 0 Å². The van der Waals surface area contributed by atoms with Crippen LogP contribution < -0.4 is 0 Å². The monoisotopic (exact) mass is 255 g/mol. The number of rotatable bonds is 1. The smallest absolute Gasteiger partial charge is 0.0714 e. The Morgan fingerprint density at radius 2 is 1.30 bits per heavy atom. The van der Waals surface area contributed by atoms with Gasteiger partial charge in [0.1, 0.15) is 0 Å². The van der Waals surface area contributed by atoms with Crippen molar-refractivity contribution in [2.45, 2.75) is 0 Å². The van der Waals surface area contributed by atoms with E-state index in [2.05, 4.69) is 29.0 Å². The van der Waals surface area contributed by atoms with Crippen molar-refractivity contribution in [1.82, 2.24) is 4.98 Å². The molecule has 2 aromatic carbocycles. The average Bonchev–Trinajstić information content (AvgIpc) is 2.55. The van der Waals surface area contributed by atoms with Crippen molar-refractivity contribution in [2.24, 2.45) is 0 Å². The molecule has 0 amide bonds. The van der Waals surface area contributed by atoms with Crippen LogP contribution in [0.1, 0.15) is 11.1 Å². The van der Waals surface area contributed by atoms with Crippen LogP contribution in [0.2, 0.25) is 0 Å². The van der Waals surface area contributed by atoms with Gasteiger partial charge in [-0.15, -0.1) is 0 Å². The third kappa shape index (κ3) is 2.93. The number of benzene rings is 2. The Labute approximate surface area is 118 Å². The van der Waals surface area contributed by atoms with Crippen LogP contribution in [0, 0.1) is 11.8 Å². The Bertz CT molecular complexity index is 750. The van der Waals surface area contributed by atoms with Gasteiger partial charge in [0.15, 0.2) is 0 Å². The summed E-state index contributed by atoms with van der Waals surface area (Å²) >= 11 is 0. The zero-order valence-corrected chi connectivity index (χ0v) is 11.0. The Balaban J connectivity index is 1.91. The fourth-order valence-electron chi connectivity index (χ4n) is 1.94. The van der Waals surface area contributed by atoms with E-state index in [0.29, 0.717) is 0 Å². The lowest BCUT2D eigenvalue weighted by Crippen LogP contribution is -1.84. The zero-order valence-electron chi connectivity index (χ0n) is 11.0. The van der Waals surface area contributed by atoms with Crippen LogP contribution in [-0.4, -0.2) is 4.98 Å². The first kappa shape index (κ1) is 12.2. The van der Waals surface area contributed by atoms with Crippen molar-refractivity contribution in [1.29, 1.82) is 0 Å². The summed E-state index contributed by atoms with van der Waals surface area (Å²) in [5, 5.41) is 0. The fourth-order valence-corrected chi connectivity index (χ4v) is 1.94. The van der Waals surface area contributed by atoms with Crippen molar-refractivity contribution < 1.29 is 0 Å². The molecule has 0 aliphatic carbocycles. The summed E-state index contributed by atoms with van der Waals surface area (Å²) in [4.78, 5) is 4.40. The van der Waals surface area contributed by atoms with Crippen LogP contribution in [0.4, 0.5) is 0 Å². The molecule has 3 rings (SSSR count). The summed E-state index contributed by atoms with van der Waals surface area (Å²) in [7, 11) is 0. The van der Waals surface area contributed by atoms with Crippen molar-refractivity contribution in [3.8, 4) is 23.1 Å². The topological polar surface area (TPSA) is 12.9 Å². The molecule has 0 atom stereocenters. The number of aromatic nitrogens is 1. The minimum Gasteiger partial charge on any atom is -0.256 e. The van der Waals surface area contributed by atoms with Gasteiger partial charge in [0.05, 0.1) is 5.69 Å². The first-order valence-corrected chi connectivity index (χ1v) is 6.50. The number of nitrogens with zero attached hydrogens (tertiary/aromatic N) is 1. The highest BCUT2D eigenvalue weighted by Gasteiger charge is 1.98. The predicted molar refractivity (Wildman–Crippen MR) is 82.1 cm³/mol. The van der Waals surface area contributed by atoms with Gasteiger partial charge in [-0.05, 0) is 24.3 Å². The lowest BCUT2D eigenvalue weighted by molar-refractivity contribution is 1.32. The van der Waals surface area contributed by atoms with Gasteiger partial charge in [0, 0.05) is 22.9 Å². The second-order valence-corrected chi connectivity index (χ2v) is 4.41. The van der Waals surface area contributed by atoms with E-state index >= 15 is 0 Å². The van der Waals surface area contributed by atoms with E-state index in [4.69, 9.17) is 0 Å². The van der Waals surface area contributed by atoms with E-state index in [9.17, 15) is 0 Å². The molecular formula is C19H13N. The highest BCUT2D eigenvalue weighted by molar-refractivity contribution is 5.61. The molecule has 0 fully saturated rings. The summed E-state index contributed by atoms with van der Waals surface area (Å²) < 4.78 is 0. The molecule has 0 aliphatic heterocycles. The van der Waals surface area contributed by atoms with Gasteiger partial charge in [-0.3, -0.25) is 4.98 Å². The molecule has 94 valence electrons. The predicted octanol–water partition coefficient (Wildman–Crippen LogP) is 4.15. The summed E-state index contributed by atoms with van der Waals surface area (Å²) in [6.07, 6.45) is 1.80. The lowest BCUT2D eigenvalue weighted by Gasteiger charge is -2.00. The molecule has 0 unspecified atom stereocenters. The second kappa shape index (κ2) is 5.86. The Morgan fingerprint density at radius 3 is 2.05 bits per heavy atom. The molecule has 0 bridgehead atoms. The highest BCUT2D eigenvalue weighted by atomic mass is 14.7. The minimum atomic E-state index is 0.950. The van der Waals surface area contributed by atoms with Crippen LogP contribution in [0.5, 0.6) is 0 Å². The molecule has 0 N–H and O–H groups in total. The van der Waals surface area contributed by atoms with Gasteiger partial charge >= 0.3 is 0 Å². The first-order chi connectivity index (χ1) is 9.92. The maximum atomic E-state index is 4.40. The van der Waals surface area contributed by atoms with Crippen LogP contribution in [0.25, 0.3) is 11.3 Å². The van der Waals surface area contributed by atoms with E-state index < -0.39 is 0 Å². The number of hydrogen-bond acceptors (Lipinski definition) is 1.